The monoisotopic (exact) mass is 246 g/mol. The summed E-state index contributed by atoms with van der Waals surface area (Å²) in [5, 5.41) is 2.72. The molecule has 0 spiro atoms. The average molecular weight is 246 g/mol. The van der Waals surface area contributed by atoms with Crippen LogP contribution in [0.1, 0.15) is 13.3 Å². The molecule has 2 aromatic rings. The quantitative estimate of drug-likeness (QED) is 0.833. The molecule has 3 nitrogen and oxygen atoms in total. The molecule has 0 bridgehead atoms. The second-order valence-electron chi connectivity index (χ2n) is 3.69. The fraction of sp³-hybridized carbons (Fsp3) is 0.231. The third kappa shape index (κ3) is 2.53. The lowest BCUT2D eigenvalue weighted by Crippen LogP contribution is -2.24. The van der Waals surface area contributed by atoms with E-state index < -0.39 is 0 Å². The maximum absolute atomic E-state index is 11.6. The summed E-state index contributed by atoms with van der Waals surface area (Å²) in [6.45, 7) is 1.85. The van der Waals surface area contributed by atoms with Crippen molar-refractivity contribution in [3.8, 4) is 11.3 Å². The van der Waals surface area contributed by atoms with Gasteiger partial charge < -0.3 is 0 Å². The Morgan fingerprint density at radius 3 is 2.71 bits per heavy atom. The molecule has 0 unspecified atom stereocenters. The summed E-state index contributed by atoms with van der Waals surface area (Å²) in [4.78, 5) is 17.6. The number of nitrogens with zero attached hydrogens (tertiary/aromatic N) is 2. The molecule has 0 aliphatic carbocycles. The topological polar surface area (TPSA) is 33.2 Å². The van der Waals surface area contributed by atoms with Crippen molar-refractivity contribution in [1.82, 2.24) is 4.98 Å². The third-order valence-corrected chi connectivity index (χ3v) is 3.44. The number of amides is 1. The van der Waals surface area contributed by atoms with Gasteiger partial charge in [-0.25, -0.2) is 4.98 Å². The normalized spacial score (nSPS) is 10.2. The first-order valence-electron chi connectivity index (χ1n) is 5.50. The summed E-state index contributed by atoms with van der Waals surface area (Å²) in [7, 11) is 1.76. The second kappa shape index (κ2) is 5.10. The molecule has 4 heteroatoms. The zero-order valence-corrected chi connectivity index (χ0v) is 10.7. The third-order valence-electron chi connectivity index (χ3n) is 2.53. The van der Waals surface area contributed by atoms with Crippen LogP contribution >= 0.6 is 11.3 Å². The molecular weight excluding hydrogens is 232 g/mol. The summed E-state index contributed by atoms with van der Waals surface area (Å²) >= 11 is 1.49. The van der Waals surface area contributed by atoms with Gasteiger partial charge in [0.2, 0.25) is 5.91 Å². The summed E-state index contributed by atoms with van der Waals surface area (Å²) in [6, 6.07) is 9.97. The van der Waals surface area contributed by atoms with Crippen LogP contribution < -0.4 is 4.90 Å². The molecule has 0 saturated heterocycles. The SMILES string of the molecule is CCC(=O)N(C)c1nc(-c2ccccc2)cs1. The summed E-state index contributed by atoms with van der Waals surface area (Å²) in [6.07, 6.45) is 0.497. The smallest absolute Gasteiger partial charge is 0.228 e. The molecule has 0 fully saturated rings. The summed E-state index contributed by atoms with van der Waals surface area (Å²) in [5.74, 6) is 0.0824. The Balaban J connectivity index is 2.25. The van der Waals surface area contributed by atoms with Crippen molar-refractivity contribution < 1.29 is 4.79 Å². The van der Waals surface area contributed by atoms with Crippen molar-refractivity contribution in [1.29, 1.82) is 0 Å². The van der Waals surface area contributed by atoms with Gasteiger partial charge in [-0.05, 0) is 0 Å². The summed E-state index contributed by atoms with van der Waals surface area (Å²) in [5.41, 5.74) is 1.99. The standard InChI is InChI=1S/C13H14N2OS/c1-3-12(16)15(2)13-14-11(9-17-13)10-7-5-4-6-8-10/h4-9H,3H2,1-2H3. The number of aromatic nitrogens is 1. The molecule has 0 radical (unpaired) electrons. The molecular formula is C13H14N2OS. The number of carbonyl (C=O) groups is 1. The number of hydrogen-bond acceptors (Lipinski definition) is 3. The largest absolute Gasteiger partial charge is 0.291 e. The molecule has 2 rings (SSSR count). The Bertz CT molecular complexity index is 507. The van der Waals surface area contributed by atoms with Gasteiger partial charge in [0, 0.05) is 24.4 Å². The van der Waals surface area contributed by atoms with E-state index in [0.717, 1.165) is 16.4 Å². The molecule has 0 atom stereocenters. The van der Waals surface area contributed by atoms with Gasteiger partial charge in [-0.15, -0.1) is 11.3 Å². The second-order valence-corrected chi connectivity index (χ2v) is 4.52. The fourth-order valence-corrected chi connectivity index (χ4v) is 2.32. The van der Waals surface area contributed by atoms with Gasteiger partial charge >= 0.3 is 0 Å². The highest BCUT2D eigenvalue weighted by atomic mass is 32.1. The predicted molar refractivity (Wildman–Crippen MR) is 71.3 cm³/mol. The minimum Gasteiger partial charge on any atom is -0.291 e. The van der Waals surface area contributed by atoms with Crippen LogP contribution in [0.25, 0.3) is 11.3 Å². The molecule has 1 aromatic heterocycles. The molecule has 0 aliphatic rings. The molecule has 0 saturated carbocycles. The first kappa shape index (κ1) is 11.8. The Morgan fingerprint density at radius 2 is 2.06 bits per heavy atom. The molecule has 1 amide bonds. The van der Waals surface area contributed by atoms with E-state index in [0.29, 0.717) is 6.42 Å². The van der Waals surface area contributed by atoms with E-state index in [1.165, 1.54) is 11.3 Å². The molecule has 0 N–H and O–H groups in total. The van der Waals surface area contributed by atoms with Gasteiger partial charge in [0.15, 0.2) is 5.13 Å². The van der Waals surface area contributed by atoms with Gasteiger partial charge in [0.1, 0.15) is 0 Å². The van der Waals surface area contributed by atoms with Crippen LogP contribution in [-0.2, 0) is 4.79 Å². The molecule has 17 heavy (non-hydrogen) atoms. The number of benzene rings is 1. The highest BCUT2D eigenvalue weighted by Crippen LogP contribution is 2.26. The van der Waals surface area contributed by atoms with Crippen LogP contribution in [0.2, 0.25) is 0 Å². The highest BCUT2D eigenvalue weighted by molar-refractivity contribution is 7.14. The van der Waals surface area contributed by atoms with Crippen LogP contribution in [0, 0.1) is 0 Å². The van der Waals surface area contributed by atoms with Gasteiger partial charge in [0.05, 0.1) is 5.69 Å². The zero-order chi connectivity index (χ0) is 12.3. The number of hydrogen-bond donors (Lipinski definition) is 0. The van der Waals surface area contributed by atoms with E-state index in [1.54, 1.807) is 11.9 Å². The van der Waals surface area contributed by atoms with Gasteiger partial charge in [-0.3, -0.25) is 9.69 Å². The Labute approximate surface area is 105 Å². The van der Waals surface area contributed by atoms with Crippen molar-refractivity contribution in [3.63, 3.8) is 0 Å². The first-order chi connectivity index (χ1) is 8.22. The number of carbonyl (C=O) groups excluding carboxylic acids is 1. The lowest BCUT2D eigenvalue weighted by Gasteiger charge is -2.11. The van der Waals surface area contributed by atoms with Crippen LogP contribution in [-0.4, -0.2) is 17.9 Å². The van der Waals surface area contributed by atoms with Gasteiger partial charge in [-0.2, -0.15) is 0 Å². The van der Waals surface area contributed by atoms with E-state index in [2.05, 4.69) is 4.98 Å². The molecule has 1 aromatic carbocycles. The Kier molecular flexibility index (Phi) is 3.54. The van der Waals surface area contributed by atoms with E-state index in [9.17, 15) is 4.79 Å². The van der Waals surface area contributed by atoms with E-state index in [1.807, 2.05) is 42.6 Å². The summed E-state index contributed by atoms with van der Waals surface area (Å²) < 4.78 is 0. The maximum atomic E-state index is 11.6. The van der Waals surface area contributed by atoms with Crippen LogP contribution in [0.5, 0.6) is 0 Å². The number of anilines is 1. The lowest BCUT2D eigenvalue weighted by molar-refractivity contribution is -0.118. The predicted octanol–water partition coefficient (Wildman–Crippen LogP) is 3.18. The Morgan fingerprint density at radius 1 is 1.35 bits per heavy atom. The lowest BCUT2D eigenvalue weighted by atomic mass is 10.2. The van der Waals surface area contributed by atoms with E-state index in [-0.39, 0.29) is 5.91 Å². The van der Waals surface area contributed by atoms with Gasteiger partial charge in [0.25, 0.3) is 0 Å². The van der Waals surface area contributed by atoms with Gasteiger partial charge in [-0.1, -0.05) is 37.3 Å². The Hall–Kier alpha value is -1.68. The van der Waals surface area contributed by atoms with Crippen LogP contribution in [0.4, 0.5) is 5.13 Å². The van der Waals surface area contributed by atoms with Crippen molar-refractivity contribution in [2.75, 3.05) is 11.9 Å². The number of thiazole rings is 1. The van der Waals surface area contributed by atoms with E-state index in [4.69, 9.17) is 0 Å². The fourth-order valence-electron chi connectivity index (χ4n) is 1.50. The average Bonchev–Trinajstić information content (AvgIpc) is 2.87. The number of rotatable bonds is 3. The molecule has 1 heterocycles. The van der Waals surface area contributed by atoms with E-state index >= 15 is 0 Å². The molecule has 88 valence electrons. The zero-order valence-electron chi connectivity index (χ0n) is 9.88. The van der Waals surface area contributed by atoms with Crippen molar-refractivity contribution in [2.24, 2.45) is 0 Å². The highest BCUT2D eigenvalue weighted by Gasteiger charge is 2.13. The maximum Gasteiger partial charge on any atom is 0.228 e. The molecule has 0 aliphatic heterocycles. The van der Waals surface area contributed by atoms with Crippen LogP contribution in [0.15, 0.2) is 35.7 Å². The minimum absolute atomic E-state index is 0.0824. The van der Waals surface area contributed by atoms with Crippen molar-refractivity contribution in [3.05, 3.63) is 35.7 Å². The minimum atomic E-state index is 0.0824. The van der Waals surface area contributed by atoms with Crippen molar-refractivity contribution >= 4 is 22.4 Å². The van der Waals surface area contributed by atoms with Crippen molar-refractivity contribution in [2.45, 2.75) is 13.3 Å². The first-order valence-corrected chi connectivity index (χ1v) is 6.38. The van der Waals surface area contributed by atoms with Crippen LogP contribution in [0.3, 0.4) is 0 Å².